The molecule has 5 heteroatoms. The van der Waals surface area contributed by atoms with Gasteiger partial charge in [0.25, 0.3) is 0 Å². The van der Waals surface area contributed by atoms with Crippen LogP contribution in [0.25, 0.3) is 10.9 Å². The summed E-state index contributed by atoms with van der Waals surface area (Å²) in [6, 6.07) is 5.58. The van der Waals surface area contributed by atoms with Gasteiger partial charge in [0.05, 0.1) is 13.0 Å². The van der Waals surface area contributed by atoms with Crippen LogP contribution in [-0.2, 0) is 37.0 Å². The number of benzene rings is 1. The number of Topliss-reactive ketones (excluding diaryl/α,β-unsaturated/α-hetero) is 2. The third-order valence-electron chi connectivity index (χ3n) is 6.67. The second-order valence-corrected chi connectivity index (χ2v) is 8.18. The van der Waals surface area contributed by atoms with Gasteiger partial charge in [0.1, 0.15) is 5.78 Å². The molecule has 2 bridgehead atoms. The first-order valence-electron chi connectivity index (χ1n) is 9.09. The molecule has 140 valence electrons. The van der Waals surface area contributed by atoms with Gasteiger partial charge in [0.2, 0.25) is 0 Å². The zero-order valence-corrected chi connectivity index (χ0v) is 16.0. The second-order valence-electron chi connectivity index (χ2n) is 8.18. The molecule has 0 aliphatic heterocycles. The minimum absolute atomic E-state index is 0.103. The van der Waals surface area contributed by atoms with Gasteiger partial charge in [-0.25, -0.2) is 0 Å². The zero-order valence-electron chi connectivity index (χ0n) is 16.0. The van der Waals surface area contributed by atoms with E-state index in [0.717, 1.165) is 16.5 Å². The number of ketones is 2. The molecular formula is C22H23NO4. The number of esters is 1. The average molecular weight is 365 g/mol. The number of ether oxygens (including phenoxy) is 1. The number of hydrogen-bond acceptors (Lipinski definition) is 4. The van der Waals surface area contributed by atoms with Gasteiger partial charge in [-0.05, 0) is 17.2 Å². The van der Waals surface area contributed by atoms with Crippen LogP contribution >= 0.6 is 0 Å². The molecule has 4 rings (SSSR count). The Balaban J connectivity index is 2.27. The van der Waals surface area contributed by atoms with E-state index in [0.29, 0.717) is 5.56 Å². The maximum absolute atomic E-state index is 13.9. The van der Waals surface area contributed by atoms with Crippen LogP contribution in [0.4, 0.5) is 0 Å². The van der Waals surface area contributed by atoms with E-state index in [-0.39, 0.29) is 18.0 Å². The lowest BCUT2D eigenvalue weighted by Crippen LogP contribution is -2.60. The number of fused-ring (bicyclic) bond motifs is 3. The summed E-state index contributed by atoms with van der Waals surface area (Å²) in [5.41, 5.74) is 0.192. The van der Waals surface area contributed by atoms with Crippen LogP contribution < -0.4 is 0 Å². The van der Waals surface area contributed by atoms with Crippen molar-refractivity contribution in [1.82, 2.24) is 4.57 Å². The van der Waals surface area contributed by atoms with E-state index in [4.69, 9.17) is 4.74 Å². The van der Waals surface area contributed by atoms with E-state index >= 15 is 0 Å². The molecule has 1 unspecified atom stereocenters. The van der Waals surface area contributed by atoms with E-state index in [2.05, 4.69) is 6.58 Å². The highest BCUT2D eigenvalue weighted by molar-refractivity contribution is 6.21. The third-order valence-corrected chi connectivity index (χ3v) is 6.67. The van der Waals surface area contributed by atoms with Crippen LogP contribution in [0.2, 0.25) is 0 Å². The zero-order chi connectivity index (χ0) is 19.7. The van der Waals surface area contributed by atoms with Crippen LogP contribution in [0.15, 0.2) is 37.1 Å². The Morgan fingerprint density at radius 2 is 2.00 bits per heavy atom. The van der Waals surface area contributed by atoms with Gasteiger partial charge < -0.3 is 9.30 Å². The van der Waals surface area contributed by atoms with E-state index < -0.39 is 28.6 Å². The fraction of sp³-hybridized carbons (Fsp3) is 0.409. The minimum Gasteiger partial charge on any atom is -0.468 e. The van der Waals surface area contributed by atoms with Crippen molar-refractivity contribution in [1.29, 1.82) is 0 Å². The van der Waals surface area contributed by atoms with Crippen LogP contribution in [0.5, 0.6) is 0 Å². The van der Waals surface area contributed by atoms with Crippen molar-refractivity contribution in [2.75, 3.05) is 7.11 Å². The lowest BCUT2D eigenvalue weighted by atomic mass is 9.55. The Kier molecular flexibility index (Phi) is 3.55. The van der Waals surface area contributed by atoms with Crippen molar-refractivity contribution in [3.05, 3.63) is 48.2 Å². The molecule has 2 aliphatic carbocycles. The molecule has 0 amide bonds. The maximum Gasteiger partial charge on any atom is 0.325 e. The summed E-state index contributed by atoms with van der Waals surface area (Å²) in [6.07, 6.45) is 3.55. The predicted octanol–water partition coefficient (Wildman–Crippen LogP) is 2.84. The van der Waals surface area contributed by atoms with Gasteiger partial charge in [0.15, 0.2) is 11.2 Å². The molecule has 27 heavy (non-hydrogen) atoms. The summed E-state index contributed by atoms with van der Waals surface area (Å²) < 4.78 is 7.14. The summed E-state index contributed by atoms with van der Waals surface area (Å²) in [6.45, 7) is 7.75. The molecule has 5 nitrogen and oxygen atoms in total. The summed E-state index contributed by atoms with van der Waals surface area (Å²) in [5, 5.41) is 0.868. The number of aryl methyl sites for hydroxylation is 1. The van der Waals surface area contributed by atoms with Gasteiger partial charge >= 0.3 is 5.97 Å². The van der Waals surface area contributed by atoms with E-state index in [9.17, 15) is 14.4 Å². The molecule has 1 aromatic carbocycles. The van der Waals surface area contributed by atoms with Gasteiger partial charge in [-0.15, -0.1) is 6.58 Å². The van der Waals surface area contributed by atoms with Crippen molar-refractivity contribution in [3.63, 3.8) is 0 Å². The molecule has 1 saturated carbocycles. The van der Waals surface area contributed by atoms with Crippen LogP contribution in [-0.4, -0.2) is 29.2 Å². The van der Waals surface area contributed by atoms with E-state index in [1.807, 2.05) is 43.8 Å². The van der Waals surface area contributed by atoms with Gasteiger partial charge in [-0.3, -0.25) is 14.4 Å². The lowest BCUT2D eigenvalue weighted by molar-refractivity contribution is -0.161. The Hall–Kier alpha value is -2.69. The molecule has 1 heterocycles. The van der Waals surface area contributed by atoms with Crippen molar-refractivity contribution in [2.45, 2.75) is 31.1 Å². The summed E-state index contributed by atoms with van der Waals surface area (Å²) >= 11 is 0. The standard InChI is InChI=1S/C22H23NO4/c1-6-12-17(24)10-14-19(25)22(12,20(26)27-5)13-8-7-9-16-18(13)15(11-23(16)4)21(14,2)3/h6-9,11-12,14H,1,10H2,2-5H3/t12?,14-,22+/m0/s1. The van der Waals surface area contributed by atoms with Crippen molar-refractivity contribution in [3.8, 4) is 0 Å². The SMILES string of the molecule is C=CC1C(=O)C[C@H]2C(=O)[C@]1(C(=O)OC)c1cccc3c1c(cn3C)C2(C)C. The molecule has 2 aliphatic rings. The van der Waals surface area contributed by atoms with Crippen molar-refractivity contribution in [2.24, 2.45) is 18.9 Å². The fourth-order valence-electron chi connectivity index (χ4n) is 5.23. The smallest absolute Gasteiger partial charge is 0.325 e. The van der Waals surface area contributed by atoms with Crippen LogP contribution in [0.1, 0.15) is 31.4 Å². The van der Waals surface area contributed by atoms with E-state index in [1.54, 1.807) is 6.07 Å². The van der Waals surface area contributed by atoms with Gasteiger partial charge in [-0.1, -0.05) is 32.1 Å². The quantitative estimate of drug-likeness (QED) is 0.466. The lowest BCUT2D eigenvalue weighted by Gasteiger charge is -2.43. The monoisotopic (exact) mass is 365 g/mol. The maximum atomic E-state index is 13.9. The summed E-state index contributed by atoms with van der Waals surface area (Å²) in [4.78, 5) is 40.1. The highest BCUT2D eigenvalue weighted by atomic mass is 16.5. The first-order chi connectivity index (χ1) is 12.7. The predicted molar refractivity (Wildman–Crippen MR) is 101 cm³/mol. The molecule has 0 saturated heterocycles. The molecule has 1 fully saturated rings. The van der Waals surface area contributed by atoms with Crippen molar-refractivity contribution < 1.29 is 19.1 Å². The van der Waals surface area contributed by atoms with E-state index in [1.165, 1.54) is 13.2 Å². The van der Waals surface area contributed by atoms with Crippen LogP contribution in [0.3, 0.4) is 0 Å². The topological polar surface area (TPSA) is 65.4 Å². The van der Waals surface area contributed by atoms with Gasteiger partial charge in [-0.2, -0.15) is 0 Å². The normalized spacial score (nSPS) is 28.7. The Morgan fingerprint density at radius 3 is 2.63 bits per heavy atom. The Bertz CT molecular complexity index is 1030. The first-order valence-corrected chi connectivity index (χ1v) is 9.09. The summed E-state index contributed by atoms with van der Waals surface area (Å²) in [5.74, 6) is -2.59. The number of aromatic nitrogens is 1. The summed E-state index contributed by atoms with van der Waals surface area (Å²) in [7, 11) is 3.21. The molecule has 0 N–H and O–H groups in total. The second kappa shape index (κ2) is 5.41. The number of methoxy groups -OCH3 is 1. The Labute approximate surface area is 158 Å². The average Bonchev–Trinajstić information content (AvgIpc) is 2.98. The largest absolute Gasteiger partial charge is 0.468 e. The molecule has 0 spiro atoms. The number of carbonyl (C=O) groups is 3. The fourth-order valence-corrected chi connectivity index (χ4v) is 5.23. The number of allylic oxidation sites excluding steroid dienone is 1. The molecule has 2 aromatic rings. The number of carbonyl (C=O) groups excluding carboxylic acids is 3. The molecule has 3 atom stereocenters. The van der Waals surface area contributed by atoms with Gasteiger partial charge in [0, 0.05) is 41.9 Å². The molecule has 0 radical (unpaired) electrons. The minimum atomic E-state index is -1.68. The van der Waals surface area contributed by atoms with Crippen LogP contribution in [0, 0.1) is 11.8 Å². The van der Waals surface area contributed by atoms with Crippen molar-refractivity contribution >= 4 is 28.4 Å². The third kappa shape index (κ3) is 1.87. The highest BCUT2D eigenvalue weighted by Gasteiger charge is 2.65. The molecule has 1 aromatic heterocycles. The number of nitrogens with zero attached hydrogens (tertiary/aromatic N) is 1. The number of rotatable bonds is 2. The number of hydrogen-bond donors (Lipinski definition) is 0. The first kappa shape index (κ1) is 17.7. The highest BCUT2D eigenvalue weighted by Crippen LogP contribution is 2.55. The Morgan fingerprint density at radius 1 is 1.30 bits per heavy atom. The molecular weight excluding hydrogens is 342 g/mol.